The first-order valence-electron chi connectivity index (χ1n) is 4.12. The second-order valence-electron chi connectivity index (χ2n) is 3.50. The summed E-state index contributed by atoms with van der Waals surface area (Å²) < 4.78 is 23.9. The van der Waals surface area contributed by atoms with Gasteiger partial charge < -0.3 is 5.32 Å². The van der Waals surface area contributed by atoms with Crippen molar-refractivity contribution < 1.29 is 8.78 Å². The van der Waals surface area contributed by atoms with Gasteiger partial charge in [0.25, 0.3) is 6.43 Å². The third kappa shape index (κ3) is 2.73. The van der Waals surface area contributed by atoms with Gasteiger partial charge in [0, 0.05) is 0 Å². The van der Waals surface area contributed by atoms with Crippen molar-refractivity contribution in [2.45, 2.75) is 32.7 Å². The van der Waals surface area contributed by atoms with E-state index in [4.69, 9.17) is 0 Å². The van der Waals surface area contributed by atoms with Crippen LogP contribution in [0.3, 0.4) is 0 Å². The van der Waals surface area contributed by atoms with Crippen LogP contribution in [0.4, 0.5) is 8.78 Å². The fourth-order valence-corrected chi connectivity index (χ4v) is 1.11. The highest BCUT2D eigenvalue weighted by Gasteiger charge is 2.32. The van der Waals surface area contributed by atoms with E-state index in [1.807, 2.05) is 0 Å². The van der Waals surface area contributed by atoms with Crippen LogP contribution in [0.5, 0.6) is 0 Å². The van der Waals surface area contributed by atoms with E-state index < -0.39 is 12.5 Å². The molecular weight excluding hydrogens is 148 g/mol. The predicted octanol–water partition coefficient (Wildman–Crippen LogP) is 1.89. The Labute approximate surface area is 66.2 Å². The molecule has 0 radical (unpaired) electrons. The first-order valence-corrected chi connectivity index (χ1v) is 4.12. The molecule has 3 heteroatoms. The minimum absolute atomic E-state index is 0.649. The van der Waals surface area contributed by atoms with Crippen molar-refractivity contribution in [1.29, 1.82) is 0 Å². The lowest BCUT2D eigenvalue weighted by Gasteiger charge is -2.11. The molecule has 0 aromatic rings. The number of hydrogen-bond acceptors (Lipinski definition) is 1. The van der Waals surface area contributed by atoms with E-state index in [1.54, 1.807) is 0 Å². The molecule has 0 aromatic carbocycles. The lowest BCUT2D eigenvalue weighted by atomic mass is 10.3. The zero-order chi connectivity index (χ0) is 8.43. The molecule has 0 amide bonds. The van der Waals surface area contributed by atoms with Gasteiger partial charge >= 0.3 is 0 Å². The van der Waals surface area contributed by atoms with E-state index in [1.165, 1.54) is 13.3 Å². The van der Waals surface area contributed by atoms with Crippen LogP contribution in [0, 0.1) is 11.8 Å². The molecule has 3 atom stereocenters. The fraction of sp³-hybridized carbons (Fsp3) is 1.00. The van der Waals surface area contributed by atoms with Crippen LogP contribution in [-0.4, -0.2) is 19.0 Å². The summed E-state index contributed by atoms with van der Waals surface area (Å²) >= 11 is 0. The van der Waals surface area contributed by atoms with Crippen molar-refractivity contribution in [3.63, 3.8) is 0 Å². The van der Waals surface area contributed by atoms with Gasteiger partial charge in [0.15, 0.2) is 0 Å². The van der Waals surface area contributed by atoms with Crippen LogP contribution in [0.1, 0.15) is 20.3 Å². The van der Waals surface area contributed by atoms with Crippen molar-refractivity contribution in [2.75, 3.05) is 6.54 Å². The van der Waals surface area contributed by atoms with E-state index in [-0.39, 0.29) is 0 Å². The quantitative estimate of drug-likeness (QED) is 0.667. The van der Waals surface area contributed by atoms with Gasteiger partial charge in [0.2, 0.25) is 0 Å². The molecule has 0 aliphatic heterocycles. The summed E-state index contributed by atoms with van der Waals surface area (Å²) in [6.07, 6.45) is -1.03. The van der Waals surface area contributed by atoms with Crippen molar-refractivity contribution in [3.8, 4) is 0 Å². The van der Waals surface area contributed by atoms with Crippen molar-refractivity contribution >= 4 is 0 Å². The smallest absolute Gasteiger partial charge is 0.253 e. The van der Waals surface area contributed by atoms with E-state index in [9.17, 15) is 8.78 Å². The average Bonchev–Trinajstić information content (AvgIpc) is 2.61. The van der Waals surface area contributed by atoms with Crippen LogP contribution in [0.2, 0.25) is 0 Å². The predicted molar refractivity (Wildman–Crippen MR) is 40.7 cm³/mol. The van der Waals surface area contributed by atoms with Crippen LogP contribution in [0.25, 0.3) is 0 Å². The van der Waals surface area contributed by atoms with Crippen molar-refractivity contribution in [3.05, 3.63) is 0 Å². The minimum Gasteiger partial charge on any atom is -0.309 e. The number of hydrogen-bond donors (Lipinski definition) is 1. The molecular formula is C8H15F2N. The molecule has 1 saturated carbocycles. The standard InChI is InChI=1S/C8H15F2N/c1-5-3-7(5)4-11-6(2)8(9)10/h5-8,11H,3-4H2,1-2H3. The topological polar surface area (TPSA) is 12.0 Å². The van der Waals surface area contributed by atoms with Gasteiger partial charge in [-0.25, -0.2) is 8.78 Å². The lowest BCUT2D eigenvalue weighted by Crippen LogP contribution is -2.34. The Kier molecular flexibility index (Phi) is 2.82. The Hall–Kier alpha value is -0.180. The molecule has 0 saturated heterocycles. The molecule has 1 aliphatic rings. The van der Waals surface area contributed by atoms with Crippen molar-refractivity contribution in [1.82, 2.24) is 5.32 Å². The largest absolute Gasteiger partial charge is 0.309 e. The van der Waals surface area contributed by atoms with Crippen molar-refractivity contribution in [2.24, 2.45) is 11.8 Å². The number of halogens is 2. The number of rotatable bonds is 4. The molecule has 0 spiro atoms. The molecule has 3 unspecified atom stereocenters. The third-order valence-corrected chi connectivity index (χ3v) is 2.36. The van der Waals surface area contributed by atoms with Gasteiger partial charge in [-0.3, -0.25) is 0 Å². The second kappa shape index (κ2) is 3.48. The van der Waals surface area contributed by atoms with Gasteiger partial charge in [-0.1, -0.05) is 6.92 Å². The fourth-order valence-electron chi connectivity index (χ4n) is 1.11. The maximum atomic E-state index is 11.9. The molecule has 1 aliphatic carbocycles. The molecule has 1 nitrogen and oxygen atoms in total. The van der Waals surface area contributed by atoms with E-state index in [2.05, 4.69) is 12.2 Å². The zero-order valence-corrected chi connectivity index (χ0v) is 6.98. The summed E-state index contributed by atoms with van der Waals surface area (Å²) in [7, 11) is 0. The molecule has 1 N–H and O–H groups in total. The van der Waals surface area contributed by atoms with Crippen LogP contribution < -0.4 is 5.32 Å². The highest BCUT2D eigenvalue weighted by atomic mass is 19.3. The monoisotopic (exact) mass is 163 g/mol. The summed E-state index contributed by atoms with van der Waals surface area (Å²) in [6, 6.07) is -0.650. The van der Waals surface area contributed by atoms with Gasteiger partial charge in [0.1, 0.15) is 0 Å². The highest BCUT2D eigenvalue weighted by molar-refractivity contribution is 4.84. The molecule has 1 rings (SSSR count). The molecule has 0 bridgehead atoms. The summed E-state index contributed by atoms with van der Waals surface area (Å²) in [5.74, 6) is 1.39. The molecule has 1 fully saturated rings. The SMILES string of the molecule is CC1CC1CNC(C)C(F)F. The zero-order valence-electron chi connectivity index (χ0n) is 6.98. The summed E-state index contributed by atoms with van der Waals surface area (Å²) in [5, 5.41) is 2.82. The van der Waals surface area contributed by atoms with E-state index >= 15 is 0 Å². The summed E-state index contributed by atoms with van der Waals surface area (Å²) in [6.45, 7) is 4.43. The Balaban J connectivity index is 2.03. The summed E-state index contributed by atoms with van der Waals surface area (Å²) in [5.41, 5.74) is 0. The van der Waals surface area contributed by atoms with Crippen LogP contribution in [-0.2, 0) is 0 Å². The maximum absolute atomic E-state index is 11.9. The first kappa shape index (κ1) is 8.91. The Morgan fingerprint density at radius 1 is 1.55 bits per heavy atom. The highest BCUT2D eigenvalue weighted by Crippen LogP contribution is 2.36. The van der Waals surface area contributed by atoms with Gasteiger partial charge in [-0.15, -0.1) is 0 Å². The minimum atomic E-state index is -2.23. The average molecular weight is 163 g/mol. The van der Waals surface area contributed by atoms with Crippen LogP contribution >= 0.6 is 0 Å². The normalized spacial score (nSPS) is 32.5. The van der Waals surface area contributed by atoms with Gasteiger partial charge in [-0.2, -0.15) is 0 Å². The molecule has 11 heavy (non-hydrogen) atoms. The first-order chi connectivity index (χ1) is 5.11. The van der Waals surface area contributed by atoms with Crippen LogP contribution in [0.15, 0.2) is 0 Å². The Bertz CT molecular complexity index is 127. The number of alkyl halides is 2. The molecule has 0 aromatic heterocycles. The number of nitrogens with one attached hydrogen (secondary N) is 1. The summed E-state index contributed by atoms with van der Waals surface area (Å²) in [4.78, 5) is 0. The van der Waals surface area contributed by atoms with Gasteiger partial charge in [-0.05, 0) is 31.7 Å². The molecule has 66 valence electrons. The Morgan fingerprint density at radius 3 is 2.45 bits per heavy atom. The maximum Gasteiger partial charge on any atom is 0.253 e. The Morgan fingerprint density at radius 2 is 2.09 bits per heavy atom. The third-order valence-electron chi connectivity index (χ3n) is 2.36. The van der Waals surface area contributed by atoms with E-state index in [0.717, 1.165) is 12.5 Å². The van der Waals surface area contributed by atoms with E-state index in [0.29, 0.717) is 5.92 Å². The van der Waals surface area contributed by atoms with Gasteiger partial charge in [0.05, 0.1) is 6.04 Å². The lowest BCUT2D eigenvalue weighted by molar-refractivity contribution is 0.105. The second-order valence-corrected chi connectivity index (χ2v) is 3.50. The molecule has 0 heterocycles.